The molecule has 21 heavy (non-hydrogen) atoms. The number of aliphatic hydroxyl groups is 1. The van der Waals surface area contributed by atoms with Crippen LogP contribution in [0.2, 0.25) is 0 Å². The molecule has 2 aromatic rings. The average molecular weight is 286 g/mol. The molecular weight excluding hydrogens is 268 g/mol. The number of aromatic carboxylic acids is 1. The van der Waals surface area contributed by atoms with E-state index in [-0.39, 0.29) is 18.2 Å². The van der Waals surface area contributed by atoms with Crippen molar-refractivity contribution in [3.8, 4) is 0 Å². The van der Waals surface area contributed by atoms with E-state index in [1.165, 1.54) is 6.20 Å². The standard InChI is InChI=1S/C16H18N2O3/c19-10-11-5-3-4-8-18(11)15-12-6-1-2-7-14(12)17-9-13(15)16(20)21/h1-2,6-7,9,11,19H,3-5,8,10H2,(H,20,21). The number of aromatic nitrogens is 1. The summed E-state index contributed by atoms with van der Waals surface area (Å²) in [5.41, 5.74) is 1.67. The first-order chi connectivity index (χ1) is 10.2. The molecule has 1 saturated heterocycles. The molecule has 0 bridgehead atoms. The Morgan fingerprint density at radius 1 is 1.33 bits per heavy atom. The zero-order chi connectivity index (χ0) is 14.8. The van der Waals surface area contributed by atoms with Gasteiger partial charge in [0.25, 0.3) is 0 Å². The minimum absolute atomic E-state index is 0.0253. The van der Waals surface area contributed by atoms with Gasteiger partial charge in [-0.3, -0.25) is 4.98 Å². The van der Waals surface area contributed by atoms with Crippen molar-refractivity contribution < 1.29 is 15.0 Å². The summed E-state index contributed by atoms with van der Waals surface area (Å²) in [6.07, 6.45) is 4.37. The van der Waals surface area contributed by atoms with Crippen LogP contribution in [-0.4, -0.2) is 40.4 Å². The molecule has 0 saturated carbocycles. The Bertz CT molecular complexity index is 672. The molecule has 1 fully saturated rings. The van der Waals surface area contributed by atoms with E-state index in [4.69, 9.17) is 0 Å². The number of fused-ring (bicyclic) bond motifs is 1. The van der Waals surface area contributed by atoms with Gasteiger partial charge in [0.1, 0.15) is 5.56 Å². The normalized spacial score (nSPS) is 18.9. The maximum atomic E-state index is 11.6. The zero-order valence-electron chi connectivity index (χ0n) is 11.7. The number of anilines is 1. The fourth-order valence-electron chi connectivity index (χ4n) is 3.08. The van der Waals surface area contributed by atoms with Crippen LogP contribution in [0.25, 0.3) is 10.9 Å². The number of aliphatic hydroxyl groups excluding tert-OH is 1. The molecule has 3 rings (SSSR count). The number of nitrogens with zero attached hydrogens (tertiary/aromatic N) is 2. The van der Waals surface area contributed by atoms with E-state index < -0.39 is 5.97 Å². The van der Waals surface area contributed by atoms with Crippen LogP contribution in [0.1, 0.15) is 29.6 Å². The summed E-state index contributed by atoms with van der Waals surface area (Å²) >= 11 is 0. The number of rotatable bonds is 3. The lowest BCUT2D eigenvalue weighted by molar-refractivity contribution is 0.0697. The summed E-state index contributed by atoms with van der Waals surface area (Å²) in [6.45, 7) is 0.801. The number of hydrogen-bond donors (Lipinski definition) is 2. The number of carboxylic acids is 1. The van der Waals surface area contributed by atoms with Crippen molar-refractivity contribution in [1.29, 1.82) is 0 Å². The van der Waals surface area contributed by atoms with E-state index in [9.17, 15) is 15.0 Å². The molecule has 0 spiro atoms. The molecule has 1 aliphatic rings. The molecule has 1 atom stereocenters. The predicted molar refractivity (Wildman–Crippen MR) is 80.8 cm³/mol. The van der Waals surface area contributed by atoms with E-state index >= 15 is 0 Å². The first-order valence-corrected chi connectivity index (χ1v) is 7.21. The van der Waals surface area contributed by atoms with Crippen molar-refractivity contribution in [2.75, 3.05) is 18.1 Å². The van der Waals surface area contributed by atoms with E-state index in [1.54, 1.807) is 0 Å². The van der Waals surface area contributed by atoms with Crippen molar-refractivity contribution in [3.05, 3.63) is 36.0 Å². The quantitative estimate of drug-likeness (QED) is 0.905. The summed E-state index contributed by atoms with van der Waals surface area (Å²) in [5.74, 6) is -0.981. The second kappa shape index (κ2) is 5.69. The van der Waals surface area contributed by atoms with Crippen LogP contribution < -0.4 is 4.90 Å². The second-order valence-corrected chi connectivity index (χ2v) is 5.37. The Morgan fingerprint density at radius 3 is 2.90 bits per heavy atom. The van der Waals surface area contributed by atoms with Gasteiger partial charge in [-0.15, -0.1) is 0 Å². The molecule has 0 radical (unpaired) electrons. The van der Waals surface area contributed by atoms with Gasteiger partial charge in [0, 0.05) is 18.1 Å². The summed E-state index contributed by atoms with van der Waals surface area (Å²) in [7, 11) is 0. The SMILES string of the molecule is O=C(O)c1cnc2ccccc2c1N1CCCCC1CO. The van der Waals surface area contributed by atoms with Crippen molar-refractivity contribution in [2.45, 2.75) is 25.3 Å². The van der Waals surface area contributed by atoms with E-state index in [0.717, 1.165) is 36.7 Å². The summed E-state index contributed by atoms with van der Waals surface area (Å²) in [4.78, 5) is 17.9. The first-order valence-electron chi connectivity index (χ1n) is 7.21. The van der Waals surface area contributed by atoms with Crippen LogP contribution in [0, 0.1) is 0 Å². The Hall–Kier alpha value is -2.14. The maximum absolute atomic E-state index is 11.6. The first kappa shape index (κ1) is 13.8. The van der Waals surface area contributed by atoms with Crippen LogP contribution in [0.15, 0.2) is 30.5 Å². The highest BCUT2D eigenvalue weighted by atomic mass is 16.4. The predicted octanol–water partition coefficient (Wildman–Crippen LogP) is 2.28. The van der Waals surface area contributed by atoms with E-state index in [0.29, 0.717) is 5.69 Å². The van der Waals surface area contributed by atoms with Crippen LogP contribution in [0.4, 0.5) is 5.69 Å². The third-order valence-corrected chi connectivity index (χ3v) is 4.10. The fraction of sp³-hybridized carbons (Fsp3) is 0.375. The van der Waals surface area contributed by atoms with Crippen molar-refractivity contribution in [1.82, 2.24) is 4.98 Å². The third-order valence-electron chi connectivity index (χ3n) is 4.10. The molecule has 5 nitrogen and oxygen atoms in total. The molecule has 110 valence electrons. The van der Waals surface area contributed by atoms with Crippen molar-refractivity contribution in [3.63, 3.8) is 0 Å². The largest absolute Gasteiger partial charge is 0.478 e. The maximum Gasteiger partial charge on any atom is 0.339 e. The minimum atomic E-state index is -0.981. The molecule has 0 amide bonds. The molecule has 0 aliphatic carbocycles. The molecule has 1 aromatic heterocycles. The van der Waals surface area contributed by atoms with Crippen LogP contribution in [0.5, 0.6) is 0 Å². The van der Waals surface area contributed by atoms with Crippen molar-refractivity contribution in [2.24, 2.45) is 0 Å². The van der Waals surface area contributed by atoms with Crippen LogP contribution >= 0.6 is 0 Å². The van der Waals surface area contributed by atoms with Crippen LogP contribution in [-0.2, 0) is 0 Å². The zero-order valence-corrected chi connectivity index (χ0v) is 11.7. The Kier molecular flexibility index (Phi) is 3.75. The third kappa shape index (κ3) is 2.45. The van der Waals surface area contributed by atoms with E-state index in [2.05, 4.69) is 4.98 Å². The molecule has 5 heteroatoms. The van der Waals surface area contributed by atoms with Gasteiger partial charge in [0.2, 0.25) is 0 Å². The van der Waals surface area contributed by atoms with Gasteiger partial charge in [0.05, 0.1) is 23.9 Å². The summed E-state index contributed by atoms with van der Waals surface area (Å²) < 4.78 is 0. The lowest BCUT2D eigenvalue weighted by Gasteiger charge is -2.37. The van der Waals surface area contributed by atoms with Gasteiger partial charge in [-0.25, -0.2) is 4.79 Å². The molecule has 1 aliphatic heterocycles. The van der Waals surface area contributed by atoms with Gasteiger partial charge in [-0.2, -0.15) is 0 Å². The van der Waals surface area contributed by atoms with Gasteiger partial charge < -0.3 is 15.1 Å². The number of pyridine rings is 1. The fourth-order valence-corrected chi connectivity index (χ4v) is 3.08. The topological polar surface area (TPSA) is 73.7 Å². The molecule has 2 heterocycles. The smallest absolute Gasteiger partial charge is 0.339 e. The second-order valence-electron chi connectivity index (χ2n) is 5.37. The van der Waals surface area contributed by atoms with Crippen molar-refractivity contribution >= 4 is 22.6 Å². The van der Waals surface area contributed by atoms with Gasteiger partial charge in [0.15, 0.2) is 0 Å². The molecule has 1 unspecified atom stereocenters. The number of hydrogen-bond acceptors (Lipinski definition) is 4. The lowest BCUT2D eigenvalue weighted by atomic mass is 9.99. The van der Waals surface area contributed by atoms with Gasteiger partial charge in [-0.05, 0) is 25.3 Å². The Balaban J connectivity index is 2.22. The highest BCUT2D eigenvalue weighted by molar-refractivity contribution is 6.04. The average Bonchev–Trinajstić information content (AvgIpc) is 2.53. The highest BCUT2D eigenvalue weighted by Crippen LogP contribution is 2.33. The lowest BCUT2D eigenvalue weighted by Crippen LogP contribution is -2.42. The summed E-state index contributed by atoms with van der Waals surface area (Å²) in [5, 5.41) is 19.9. The number of piperidine rings is 1. The van der Waals surface area contributed by atoms with Crippen LogP contribution in [0.3, 0.4) is 0 Å². The van der Waals surface area contributed by atoms with E-state index in [1.807, 2.05) is 29.2 Å². The minimum Gasteiger partial charge on any atom is -0.478 e. The Morgan fingerprint density at radius 2 is 2.14 bits per heavy atom. The number of carbonyl (C=O) groups is 1. The number of carboxylic acid groups (broad SMARTS) is 1. The number of benzene rings is 1. The molecular formula is C16H18N2O3. The number of para-hydroxylation sites is 1. The van der Waals surface area contributed by atoms with Gasteiger partial charge >= 0.3 is 5.97 Å². The monoisotopic (exact) mass is 286 g/mol. The van der Waals surface area contributed by atoms with Gasteiger partial charge in [-0.1, -0.05) is 18.2 Å². The highest BCUT2D eigenvalue weighted by Gasteiger charge is 2.27. The molecule has 1 aromatic carbocycles. The summed E-state index contributed by atoms with van der Waals surface area (Å²) in [6, 6.07) is 7.52. The Labute approximate surface area is 122 Å². The molecule has 2 N–H and O–H groups in total.